The topological polar surface area (TPSA) is 71.8 Å². The number of nitrogens with zero attached hydrogens (tertiary/aromatic N) is 1. The van der Waals surface area contributed by atoms with Crippen LogP contribution < -0.4 is 5.73 Å². The second kappa shape index (κ2) is 5.18. The van der Waals surface area contributed by atoms with Gasteiger partial charge in [0.1, 0.15) is 5.82 Å². The molecule has 1 aromatic heterocycles. The molecule has 0 saturated heterocycles. The Bertz CT molecular complexity index is 859. The summed E-state index contributed by atoms with van der Waals surface area (Å²) in [5, 5.41) is 1.54. The number of benzene rings is 2. The van der Waals surface area contributed by atoms with Crippen molar-refractivity contribution >= 4 is 33.3 Å². The van der Waals surface area contributed by atoms with Crippen LogP contribution in [0.5, 0.6) is 0 Å². The number of rotatable bonds is 2. The van der Waals surface area contributed by atoms with Crippen molar-refractivity contribution in [1.82, 2.24) is 9.97 Å². The van der Waals surface area contributed by atoms with Gasteiger partial charge in [0.25, 0.3) is 0 Å². The second-order valence-electron chi connectivity index (χ2n) is 5.03. The summed E-state index contributed by atoms with van der Waals surface area (Å²) < 4.78 is 11.0. The Labute approximate surface area is 126 Å². The van der Waals surface area contributed by atoms with E-state index < -0.39 is 0 Å². The maximum absolute atomic E-state index is 11.0. The van der Waals surface area contributed by atoms with Gasteiger partial charge in [-0.15, -0.1) is 0 Å². The molecule has 0 bridgehead atoms. The summed E-state index contributed by atoms with van der Waals surface area (Å²) in [6.07, 6.45) is 0. The molecule has 3 N–H and O–H groups in total. The van der Waals surface area contributed by atoms with Gasteiger partial charge in [-0.05, 0) is 37.1 Å². The Morgan fingerprint density at radius 2 is 2.00 bits per heavy atom. The fraction of sp³-hybridized carbons (Fsp3) is 0.125. The van der Waals surface area contributed by atoms with Crippen LogP contribution >= 0.6 is 0 Å². The number of nitrogens with two attached hydrogens (primary N) is 1. The van der Waals surface area contributed by atoms with Gasteiger partial charge in [0.2, 0.25) is 0 Å². The van der Waals surface area contributed by atoms with Crippen LogP contribution in [-0.2, 0) is 11.3 Å². The normalized spacial score (nSPS) is 10.8. The fourth-order valence-electron chi connectivity index (χ4n) is 2.59. The van der Waals surface area contributed by atoms with Crippen molar-refractivity contribution < 1.29 is 4.21 Å². The summed E-state index contributed by atoms with van der Waals surface area (Å²) >= 11 is 0.405. The molecule has 5 heteroatoms. The number of H-pyrrole nitrogens is 1. The van der Waals surface area contributed by atoms with Crippen LogP contribution in [0.2, 0.25) is 0 Å². The third kappa shape index (κ3) is 2.25. The predicted octanol–water partition coefficient (Wildman–Crippen LogP) is 2.79. The van der Waals surface area contributed by atoms with Crippen LogP contribution in [-0.4, -0.2) is 19.5 Å². The minimum Gasteiger partial charge on any atom is -0.398 e. The molecule has 21 heavy (non-hydrogen) atoms. The van der Waals surface area contributed by atoms with E-state index in [1.807, 2.05) is 44.2 Å². The quantitative estimate of drug-likeness (QED) is 0.564. The Hall–Kier alpha value is -2.40. The molecular formula is C16H15N3OS. The number of anilines is 1. The number of hydrogen-bond donors (Lipinski definition) is 2. The molecule has 3 rings (SSSR count). The highest BCUT2D eigenvalue weighted by atomic mass is 32.1. The van der Waals surface area contributed by atoms with Gasteiger partial charge in [0, 0.05) is 22.2 Å². The van der Waals surface area contributed by atoms with Gasteiger partial charge in [-0.2, -0.15) is 0 Å². The molecule has 0 spiro atoms. The monoisotopic (exact) mass is 297 g/mol. The van der Waals surface area contributed by atoms with Gasteiger partial charge in [-0.25, -0.2) is 9.19 Å². The third-order valence-corrected chi connectivity index (χ3v) is 3.94. The first kappa shape index (κ1) is 13.6. The highest BCUT2D eigenvalue weighted by Crippen LogP contribution is 2.31. The number of nitrogens with one attached hydrogen (secondary N) is 1. The van der Waals surface area contributed by atoms with Gasteiger partial charge in [0.15, 0.2) is 0 Å². The molecule has 2 aromatic carbocycles. The van der Waals surface area contributed by atoms with Gasteiger partial charge >= 0.3 is 0 Å². The SMILES string of the molecule is Cc1cc(C)c(-c2nc3ccccc3[nH]2)c(C=S=O)c1N. The first-order valence-electron chi connectivity index (χ1n) is 6.58. The number of aromatic amines is 1. The van der Waals surface area contributed by atoms with E-state index in [1.165, 1.54) is 5.37 Å². The maximum atomic E-state index is 11.0. The molecule has 0 atom stereocenters. The van der Waals surface area contributed by atoms with E-state index in [1.54, 1.807) is 0 Å². The number of fused-ring (bicyclic) bond motifs is 1. The van der Waals surface area contributed by atoms with Gasteiger partial charge in [-0.3, -0.25) is 0 Å². The summed E-state index contributed by atoms with van der Waals surface area (Å²) in [6.45, 7) is 3.94. The maximum Gasteiger partial charge on any atom is 0.139 e. The predicted molar refractivity (Wildman–Crippen MR) is 88.7 cm³/mol. The Balaban J connectivity index is 2.35. The van der Waals surface area contributed by atoms with E-state index in [0.717, 1.165) is 39.1 Å². The molecule has 106 valence electrons. The molecule has 4 nitrogen and oxygen atoms in total. The van der Waals surface area contributed by atoms with E-state index in [0.29, 0.717) is 16.9 Å². The number of aromatic nitrogens is 2. The van der Waals surface area contributed by atoms with E-state index in [2.05, 4.69) is 9.97 Å². The van der Waals surface area contributed by atoms with Crippen LogP contribution in [0, 0.1) is 13.8 Å². The summed E-state index contributed by atoms with van der Waals surface area (Å²) in [6, 6.07) is 9.86. The lowest BCUT2D eigenvalue weighted by Crippen LogP contribution is -2.02. The average molecular weight is 297 g/mol. The highest BCUT2D eigenvalue weighted by molar-refractivity contribution is 7.65. The summed E-state index contributed by atoms with van der Waals surface area (Å²) in [5.74, 6) is 0.737. The second-order valence-corrected chi connectivity index (χ2v) is 5.46. The van der Waals surface area contributed by atoms with Crippen molar-refractivity contribution in [3.05, 3.63) is 47.0 Å². The van der Waals surface area contributed by atoms with Crippen molar-refractivity contribution in [2.45, 2.75) is 13.8 Å². The van der Waals surface area contributed by atoms with Crippen LogP contribution in [0.15, 0.2) is 30.3 Å². The molecule has 3 aromatic rings. The van der Waals surface area contributed by atoms with E-state index in [-0.39, 0.29) is 0 Å². The van der Waals surface area contributed by atoms with Crippen LogP contribution in [0.1, 0.15) is 16.7 Å². The average Bonchev–Trinajstić information content (AvgIpc) is 2.88. The van der Waals surface area contributed by atoms with Gasteiger partial charge < -0.3 is 10.7 Å². The molecule has 0 aliphatic carbocycles. The number of para-hydroxylation sites is 2. The molecule has 0 saturated carbocycles. The fourth-order valence-corrected chi connectivity index (χ4v) is 2.93. The Morgan fingerprint density at radius 3 is 2.71 bits per heavy atom. The van der Waals surface area contributed by atoms with Crippen LogP contribution in [0.3, 0.4) is 0 Å². The lowest BCUT2D eigenvalue weighted by Gasteiger charge is -2.12. The van der Waals surface area contributed by atoms with Crippen LogP contribution in [0.4, 0.5) is 5.69 Å². The molecule has 1 heterocycles. The number of imidazole rings is 1. The van der Waals surface area contributed by atoms with Crippen molar-refractivity contribution in [3.8, 4) is 11.4 Å². The van der Waals surface area contributed by atoms with Crippen molar-refractivity contribution in [1.29, 1.82) is 0 Å². The summed E-state index contributed by atoms with van der Waals surface area (Å²) in [5.41, 5.74) is 12.3. The van der Waals surface area contributed by atoms with Gasteiger partial charge in [0.05, 0.1) is 22.3 Å². The standard InChI is InChI=1S/C16H15N3OS/c1-9-7-10(2)15(17)11(8-21-20)14(9)16-18-12-5-3-4-6-13(12)19-16/h3-8H,17H2,1-2H3,(H,18,19). The first-order chi connectivity index (χ1) is 10.1. The number of nitrogen functional groups attached to an aromatic ring is 1. The minimum absolute atomic E-state index is 0.405. The summed E-state index contributed by atoms with van der Waals surface area (Å²) in [7, 11) is 0. The van der Waals surface area contributed by atoms with Crippen LogP contribution in [0.25, 0.3) is 22.4 Å². The number of aryl methyl sites for hydroxylation is 2. The zero-order chi connectivity index (χ0) is 15.0. The van der Waals surface area contributed by atoms with Crippen molar-refractivity contribution in [3.63, 3.8) is 0 Å². The van der Waals surface area contributed by atoms with Crippen molar-refractivity contribution in [2.75, 3.05) is 5.73 Å². The number of hydrogen-bond acceptors (Lipinski definition) is 3. The van der Waals surface area contributed by atoms with Crippen molar-refractivity contribution in [2.24, 2.45) is 0 Å². The summed E-state index contributed by atoms with van der Waals surface area (Å²) in [4.78, 5) is 7.92. The van der Waals surface area contributed by atoms with E-state index >= 15 is 0 Å². The third-order valence-electron chi connectivity index (χ3n) is 3.60. The zero-order valence-electron chi connectivity index (χ0n) is 11.8. The minimum atomic E-state index is 0.405. The smallest absolute Gasteiger partial charge is 0.139 e. The van der Waals surface area contributed by atoms with Gasteiger partial charge in [-0.1, -0.05) is 18.2 Å². The highest BCUT2D eigenvalue weighted by Gasteiger charge is 2.15. The molecule has 0 amide bonds. The Kier molecular flexibility index (Phi) is 3.35. The van der Waals surface area contributed by atoms with E-state index in [9.17, 15) is 4.21 Å². The van der Waals surface area contributed by atoms with E-state index in [4.69, 9.17) is 5.73 Å². The first-order valence-corrected chi connectivity index (χ1v) is 7.39. The molecule has 0 aliphatic rings. The molecule has 0 unspecified atom stereocenters. The molecule has 0 aliphatic heterocycles. The lowest BCUT2D eigenvalue weighted by atomic mass is 9.97. The molecular weight excluding hydrogens is 282 g/mol. The molecule has 0 radical (unpaired) electrons. The molecule has 0 fully saturated rings. The Morgan fingerprint density at radius 1 is 1.24 bits per heavy atom. The lowest BCUT2D eigenvalue weighted by molar-refractivity contribution is 0.701. The zero-order valence-corrected chi connectivity index (χ0v) is 12.6. The largest absolute Gasteiger partial charge is 0.398 e.